The lowest BCUT2D eigenvalue weighted by Gasteiger charge is -2.10. The molecule has 0 unspecified atom stereocenters. The Kier molecular flexibility index (Phi) is 5.04. The van der Waals surface area contributed by atoms with Gasteiger partial charge in [0.1, 0.15) is 16.9 Å². The number of hydrogen-bond acceptors (Lipinski definition) is 4. The highest BCUT2D eigenvalue weighted by atomic mass is 16.5. The number of aryl methyl sites for hydroxylation is 4. The first-order valence-corrected chi connectivity index (χ1v) is 9.79. The zero-order valence-corrected chi connectivity index (χ0v) is 17.5. The van der Waals surface area contributed by atoms with Crippen LogP contribution in [-0.2, 0) is 4.79 Å². The number of benzene rings is 3. The predicted octanol–water partition coefficient (Wildman–Crippen LogP) is 5.20. The molecule has 152 valence electrons. The summed E-state index contributed by atoms with van der Waals surface area (Å²) in [4.78, 5) is 25.2. The predicted molar refractivity (Wildman–Crippen MR) is 120 cm³/mol. The number of ether oxygens (including phenoxy) is 1. The second-order valence-corrected chi connectivity index (χ2v) is 7.68. The van der Waals surface area contributed by atoms with Gasteiger partial charge in [-0.3, -0.25) is 9.59 Å². The van der Waals surface area contributed by atoms with Crippen LogP contribution >= 0.6 is 0 Å². The molecule has 5 nitrogen and oxygen atoms in total. The molecule has 5 heteroatoms. The molecule has 0 saturated carbocycles. The molecule has 0 bridgehead atoms. The van der Waals surface area contributed by atoms with Gasteiger partial charge in [-0.2, -0.15) is 0 Å². The van der Waals surface area contributed by atoms with Crippen LogP contribution in [0.2, 0.25) is 0 Å². The zero-order chi connectivity index (χ0) is 21.4. The van der Waals surface area contributed by atoms with Gasteiger partial charge in [-0.1, -0.05) is 12.1 Å². The molecule has 0 saturated heterocycles. The van der Waals surface area contributed by atoms with Gasteiger partial charge in [0.05, 0.1) is 10.8 Å². The smallest absolute Gasteiger partial charge is 0.262 e. The second kappa shape index (κ2) is 7.67. The highest BCUT2D eigenvalue weighted by Crippen LogP contribution is 2.25. The van der Waals surface area contributed by atoms with Crippen LogP contribution in [0, 0.1) is 27.7 Å². The van der Waals surface area contributed by atoms with Crippen LogP contribution in [-0.4, -0.2) is 12.5 Å². The molecular formula is C25H23NO4. The molecule has 0 aliphatic heterocycles. The minimum absolute atomic E-state index is 0.0750. The maximum Gasteiger partial charge on any atom is 0.262 e. The van der Waals surface area contributed by atoms with E-state index in [4.69, 9.17) is 9.15 Å². The Morgan fingerprint density at radius 1 is 0.900 bits per heavy atom. The molecule has 30 heavy (non-hydrogen) atoms. The van der Waals surface area contributed by atoms with Crippen LogP contribution in [0.15, 0.2) is 57.7 Å². The van der Waals surface area contributed by atoms with Crippen LogP contribution in [0.5, 0.6) is 5.75 Å². The lowest BCUT2D eigenvalue weighted by Crippen LogP contribution is -2.20. The van der Waals surface area contributed by atoms with Gasteiger partial charge in [-0.25, -0.2) is 0 Å². The summed E-state index contributed by atoms with van der Waals surface area (Å²) >= 11 is 0. The van der Waals surface area contributed by atoms with Crippen molar-refractivity contribution in [2.24, 2.45) is 0 Å². The molecule has 1 amide bonds. The van der Waals surface area contributed by atoms with E-state index in [-0.39, 0.29) is 17.9 Å². The molecule has 3 aromatic carbocycles. The van der Waals surface area contributed by atoms with Gasteiger partial charge in [0.25, 0.3) is 5.91 Å². The lowest BCUT2D eigenvalue weighted by atomic mass is 10.1. The van der Waals surface area contributed by atoms with Crippen molar-refractivity contribution in [3.05, 3.63) is 81.0 Å². The van der Waals surface area contributed by atoms with Crippen LogP contribution in [0.1, 0.15) is 22.3 Å². The Labute approximate surface area is 174 Å². The van der Waals surface area contributed by atoms with Gasteiger partial charge in [-0.05, 0) is 80.3 Å². The largest absolute Gasteiger partial charge is 0.484 e. The molecule has 0 aliphatic carbocycles. The second-order valence-electron chi connectivity index (χ2n) is 7.68. The maximum atomic E-state index is 12.9. The molecule has 0 aliphatic rings. The molecule has 0 radical (unpaired) electrons. The Bertz CT molecular complexity index is 1350. The van der Waals surface area contributed by atoms with Crippen molar-refractivity contribution in [3.8, 4) is 5.75 Å². The Morgan fingerprint density at radius 2 is 1.70 bits per heavy atom. The monoisotopic (exact) mass is 401 g/mol. The minimum atomic E-state index is -0.289. The Balaban J connectivity index is 1.57. The maximum absolute atomic E-state index is 12.9. The van der Waals surface area contributed by atoms with E-state index in [0.717, 1.165) is 16.7 Å². The third-order valence-electron chi connectivity index (χ3n) is 5.23. The Hall–Kier alpha value is -3.60. The summed E-state index contributed by atoms with van der Waals surface area (Å²) in [7, 11) is 0. The molecule has 1 aromatic heterocycles. The van der Waals surface area contributed by atoms with Crippen molar-refractivity contribution in [1.29, 1.82) is 0 Å². The number of carbonyl (C=O) groups is 1. The fourth-order valence-corrected chi connectivity index (χ4v) is 3.54. The molecule has 4 rings (SSSR count). The number of fused-ring (bicyclic) bond motifs is 2. The topological polar surface area (TPSA) is 68.5 Å². The normalized spacial score (nSPS) is 11.1. The fraction of sp³-hybridized carbons (Fsp3) is 0.200. The van der Waals surface area contributed by atoms with E-state index >= 15 is 0 Å². The fourth-order valence-electron chi connectivity index (χ4n) is 3.54. The average molecular weight is 401 g/mol. The molecule has 0 fully saturated rings. The highest BCUT2D eigenvalue weighted by molar-refractivity contribution is 5.96. The summed E-state index contributed by atoms with van der Waals surface area (Å²) in [5.41, 5.74) is 5.67. The lowest BCUT2D eigenvalue weighted by molar-refractivity contribution is -0.118. The van der Waals surface area contributed by atoms with E-state index in [1.807, 2.05) is 58.0 Å². The van der Waals surface area contributed by atoms with Crippen LogP contribution in [0.4, 0.5) is 5.69 Å². The number of hydrogen-bond donors (Lipinski definition) is 1. The van der Waals surface area contributed by atoms with E-state index in [0.29, 0.717) is 33.4 Å². The average Bonchev–Trinajstić information content (AvgIpc) is 2.70. The van der Waals surface area contributed by atoms with E-state index in [1.165, 1.54) is 5.56 Å². The number of carbonyl (C=O) groups excluding carboxylic acids is 1. The van der Waals surface area contributed by atoms with Crippen molar-refractivity contribution in [2.45, 2.75) is 27.7 Å². The molecule has 4 aromatic rings. The zero-order valence-electron chi connectivity index (χ0n) is 17.5. The van der Waals surface area contributed by atoms with Crippen molar-refractivity contribution in [2.75, 3.05) is 11.9 Å². The van der Waals surface area contributed by atoms with Gasteiger partial charge in [-0.15, -0.1) is 0 Å². The van der Waals surface area contributed by atoms with Gasteiger partial charge < -0.3 is 14.5 Å². The van der Waals surface area contributed by atoms with Crippen LogP contribution < -0.4 is 15.5 Å². The first-order valence-electron chi connectivity index (χ1n) is 9.79. The first kappa shape index (κ1) is 19.7. The molecule has 0 atom stereocenters. The van der Waals surface area contributed by atoms with Crippen molar-refractivity contribution < 1.29 is 13.9 Å². The van der Waals surface area contributed by atoms with E-state index in [9.17, 15) is 9.59 Å². The number of nitrogens with one attached hydrogen (secondary N) is 1. The SMILES string of the molecule is Cc1cc(C)c2oc3cc(NC(=O)COc4ccc(C)c(C)c4)ccc3c(=O)c2c1. The summed E-state index contributed by atoms with van der Waals surface area (Å²) in [6.45, 7) is 7.78. The quantitative estimate of drug-likeness (QED) is 0.478. The molecule has 1 N–H and O–H groups in total. The minimum Gasteiger partial charge on any atom is -0.484 e. The summed E-state index contributed by atoms with van der Waals surface area (Å²) < 4.78 is 11.6. The van der Waals surface area contributed by atoms with E-state index in [1.54, 1.807) is 18.2 Å². The summed E-state index contributed by atoms with van der Waals surface area (Å²) in [5.74, 6) is 0.359. The van der Waals surface area contributed by atoms with Crippen molar-refractivity contribution in [3.63, 3.8) is 0 Å². The van der Waals surface area contributed by atoms with Gasteiger partial charge >= 0.3 is 0 Å². The van der Waals surface area contributed by atoms with Gasteiger partial charge in [0.2, 0.25) is 5.43 Å². The summed E-state index contributed by atoms with van der Waals surface area (Å²) in [6.07, 6.45) is 0. The van der Waals surface area contributed by atoms with E-state index in [2.05, 4.69) is 5.32 Å². The van der Waals surface area contributed by atoms with Crippen LogP contribution in [0.3, 0.4) is 0 Å². The first-order chi connectivity index (χ1) is 14.3. The summed E-state index contributed by atoms with van der Waals surface area (Å²) in [5, 5.41) is 3.85. The third kappa shape index (κ3) is 3.79. The van der Waals surface area contributed by atoms with Gasteiger partial charge in [0, 0.05) is 11.8 Å². The van der Waals surface area contributed by atoms with Crippen LogP contribution in [0.25, 0.3) is 21.9 Å². The number of amides is 1. The molecule has 1 heterocycles. The third-order valence-corrected chi connectivity index (χ3v) is 5.23. The van der Waals surface area contributed by atoms with Crippen molar-refractivity contribution >= 4 is 33.5 Å². The Morgan fingerprint density at radius 3 is 2.47 bits per heavy atom. The molecular weight excluding hydrogens is 378 g/mol. The molecule has 0 spiro atoms. The highest BCUT2D eigenvalue weighted by Gasteiger charge is 2.12. The van der Waals surface area contributed by atoms with E-state index < -0.39 is 0 Å². The van der Waals surface area contributed by atoms with Crippen molar-refractivity contribution in [1.82, 2.24) is 0 Å². The standard InChI is InChI=1S/C25H23NO4/c1-14-9-17(4)25-21(10-14)24(28)20-8-6-18(12-22(20)30-25)26-23(27)13-29-19-7-5-15(2)16(3)11-19/h5-12H,13H2,1-4H3,(H,26,27). The number of rotatable bonds is 4. The van der Waals surface area contributed by atoms with Gasteiger partial charge in [0.15, 0.2) is 6.61 Å². The number of anilines is 1. The summed E-state index contributed by atoms with van der Waals surface area (Å²) in [6, 6.07) is 14.6.